The second-order valence-electron chi connectivity index (χ2n) is 4.80. The van der Waals surface area contributed by atoms with Gasteiger partial charge in [-0.1, -0.05) is 6.07 Å². The van der Waals surface area contributed by atoms with Crippen LogP contribution in [0.4, 0.5) is 11.6 Å². The molecule has 2 N–H and O–H groups in total. The SMILES string of the molecule is COc1ccc(Nc2nc3ccc(C)cc3[nH]2)cc1OC. The Balaban J connectivity index is 1.91. The molecule has 1 heterocycles. The first-order valence-corrected chi connectivity index (χ1v) is 6.65. The fourth-order valence-corrected chi connectivity index (χ4v) is 2.23. The van der Waals surface area contributed by atoms with Gasteiger partial charge in [-0.25, -0.2) is 4.98 Å². The maximum Gasteiger partial charge on any atom is 0.205 e. The summed E-state index contributed by atoms with van der Waals surface area (Å²) < 4.78 is 10.5. The van der Waals surface area contributed by atoms with Gasteiger partial charge in [0.15, 0.2) is 11.5 Å². The van der Waals surface area contributed by atoms with Gasteiger partial charge in [0.05, 0.1) is 25.3 Å². The van der Waals surface area contributed by atoms with Gasteiger partial charge in [0.25, 0.3) is 0 Å². The number of nitrogens with one attached hydrogen (secondary N) is 2. The highest BCUT2D eigenvalue weighted by Gasteiger charge is 2.07. The molecule has 0 atom stereocenters. The van der Waals surface area contributed by atoms with Crippen LogP contribution in [0.5, 0.6) is 11.5 Å². The van der Waals surface area contributed by atoms with Crippen molar-refractivity contribution in [3.8, 4) is 11.5 Å². The Hall–Kier alpha value is -2.69. The molecule has 3 aromatic rings. The van der Waals surface area contributed by atoms with E-state index >= 15 is 0 Å². The summed E-state index contributed by atoms with van der Waals surface area (Å²) in [6.07, 6.45) is 0. The summed E-state index contributed by atoms with van der Waals surface area (Å²) in [6.45, 7) is 2.06. The minimum absolute atomic E-state index is 0.675. The third kappa shape index (κ3) is 2.63. The van der Waals surface area contributed by atoms with Crippen molar-refractivity contribution in [2.24, 2.45) is 0 Å². The molecule has 0 radical (unpaired) electrons. The number of rotatable bonds is 4. The number of ether oxygens (including phenoxy) is 2. The summed E-state index contributed by atoms with van der Waals surface area (Å²) in [4.78, 5) is 7.77. The van der Waals surface area contributed by atoms with Crippen LogP contribution in [0.3, 0.4) is 0 Å². The van der Waals surface area contributed by atoms with Crippen LogP contribution in [0.1, 0.15) is 5.56 Å². The van der Waals surface area contributed by atoms with Crippen molar-refractivity contribution in [1.82, 2.24) is 9.97 Å². The van der Waals surface area contributed by atoms with E-state index in [9.17, 15) is 0 Å². The first-order chi connectivity index (χ1) is 10.2. The highest BCUT2D eigenvalue weighted by molar-refractivity contribution is 5.79. The van der Waals surface area contributed by atoms with Crippen LogP contribution in [-0.2, 0) is 0 Å². The summed E-state index contributed by atoms with van der Waals surface area (Å²) in [7, 11) is 3.23. The zero-order valence-electron chi connectivity index (χ0n) is 12.2. The van der Waals surface area contributed by atoms with Crippen molar-refractivity contribution in [1.29, 1.82) is 0 Å². The van der Waals surface area contributed by atoms with E-state index < -0.39 is 0 Å². The molecule has 21 heavy (non-hydrogen) atoms. The van der Waals surface area contributed by atoms with E-state index in [1.807, 2.05) is 30.3 Å². The first-order valence-electron chi connectivity index (χ1n) is 6.65. The van der Waals surface area contributed by atoms with E-state index in [1.165, 1.54) is 5.56 Å². The average molecular weight is 283 g/mol. The zero-order valence-corrected chi connectivity index (χ0v) is 12.2. The Morgan fingerprint density at radius 2 is 1.81 bits per heavy atom. The van der Waals surface area contributed by atoms with Gasteiger partial charge in [0.1, 0.15) is 0 Å². The third-order valence-corrected chi connectivity index (χ3v) is 3.28. The van der Waals surface area contributed by atoms with Gasteiger partial charge < -0.3 is 19.8 Å². The fraction of sp³-hybridized carbons (Fsp3) is 0.188. The second-order valence-corrected chi connectivity index (χ2v) is 4.80. The van der Waals surface area contributed by atoms with Gasteiger partial charge in [-0.05, 0) is 36.8 Å². The minimum Gasteiger partial charge on any atom is -0.493 e. The van der Waals surface area contributed by atoms with Crippen LogP contribution in [0, 0.1) is 6.92 Å². The lowest BCUT2D eigenvalue weighted by molar-refractivity contribution is 0.355. The molecule has 0 aliphatic carbocycles. The Morgan fingerprint density at radius 3 is 2.57 bits per heavy atom. The number of methoxy groups -OCH3 is 2. The Labute approximate surface area is 122 Å². The molecule has 0 aliphatic heterocycles. The van der Waals surface area contributed by atoms with Crippen LogP contribution < -0.4 is 14.8 Å². The molecular formula is C16H17N3O2. The minimum atomic E-state index is 0.675. The molecule has 0 saturated carbocycles. The zero-order chi connectivity index (χ0) is 14.8. The predicted octanol–water partition coefficient (Wildman–Crippen LogP) is 3.63. The second kappa shape index (κ2) is 5.36. The van der Waals surface area contributed by atoms with Gasteiger partial charge in [-0.3, -0.25) is 0 Å². The van der Waals surface area contributed by atoms with Crippen LogP contribution in [-0.4, -0.2) is 24.2 Å². The number of H-pyrrole nitrogens is 1. The molecule has 0 fully saturated rings. The Bertz CT molecular complexity index is 780. The molecule has 108 valence electrons. The molecular weight excluding hydrogens is 266 g/mol. The van der Waals surface area contributed by atoms with Crippen molar-refractivity contribution < 1.29 is 9.47 Å². The van der Waals surface area contributed by atoms with E-state index in [0.29, 0.717) is 17.4 Å². The summed E-state index contributed by atoms with van der Waals surface area (Å²) in [5, 5.41) is 3.24. The van der Waals surface area contributed by atoms with Gasteiger partial charge in [-0.15, -0.1) is 0 Å². The monoisotopic (exact) mass is 283 g/mol. The molecule has 1 aromatic heterocycles. The van der Waals surface area contributed by atoms with E-state index in [2.05, 4.69) is 28.3 Å². The van der Waals surface area contributed by atoms with Crippen molar-refractivity contribution in [3.05, 3.63) is 42.0 Å². The molecule has 0 amide bonds. The smallest absolute Gasteiger partial charge is 0.205 e. The number of hydrogen-bond acceptors (Lipinski definition) is 4. The fourth-order valence-electron chi connectivity index (χ4n) is 2.23. The maximum absolute atomic E-state index is 5.29. The number of aromatic nitrogens is 2. The Kier molecular flexibility index (Phi) is 3.39. The van der Waals surface area contributed by atoms with Gasteiger partial charge in [0.2, 0.25) is 5.95 Å². The highest BCUT2D eigenvalue weighted by atomic mass is 16.5. The lowest BCUT2D eigenvalue weighted by Gasteiger charge is -2.09. The number of nitrogens with zero attached hydrogens (tertiary/aromatic N) is 1. The number of anilines is 2. The predicted molar refractivity (Wildman–Crippen MR) is 83.7 cm³/mol. The maximum atomic E-state index is 5.29. The average Bonchev–Trinajstić information content (AvgIpc) is 2.88. The van der Waals surface area contributed by atoms with Crippen LogP contribution >= 0.6 is 0 Å². The number of aryl methyl sites for hydroxylation is 1. The van der Waals surface area contributed by atoms with E-state index in [-0.39, 0.29) is 0 Å². The largest absolute Gasteiger partial charge is 0.493 e. The topological polar surface area (TPSA) is 59.2 Å². The molecule has 0 bridgehead atoms. The summed E-state index contributed by atoms with van der Waals surface area (Å²) in [5.41, 5.74) is 4.02. The third-order valence-electron chi connectivity index (χ3n) is 3.28. The van der Waals surface area contributed by atoms with Gasteiger partial charge in [0, 0.05) is 11.8 Å². The lowest BCUT2D eigenvalue weighted by Crippen LogP contribution is -1.95. The number of aromatic amines is 1. The number of hydrogen-bond donors (Lipinski definition) is 2. The molecule has 0 spiro atoms. The molecule has 0 saturated heterocycles. The Morgan fingerprint density at radius 1 is 1.00 bits per heavy atom. The number of benzene rings is 2. The van der Waals surface area contributed by atoms with E-state index in [4.69, 9.17) is 9.47 Å². The first kappa shape index (κ1) is 13.3. The molecule has 5 heteroatoms. The quantitative estimate of drug-likeness (QED) is 0.767. The van der Waals surface area contributed by atoms with Crippen molar-refractivity contribution in [3.63, 3.8) is 0 Å². The van der Waals surface area contributed by atoms with Crippen molar-refractivity contribution in [2.75, 3.05) is 19.5 Å². The van der Waals surface area contributed by atoms with Crippen LogP contribution in [0.2, 0.25) is 0 Å². The summed E-state index contributed by atoms with van der Waals surface area (Å²) >= 11 is 0. The molecule has 3 rings (SSSR count). The van der Waals surface area contributed by atoms with E-state index in [0.717, 1.165) is 16.7 Å². The van der Waals surface area contributed by atoms with E-state index in [1.54, 1.807) is 14.2 Å². The molecule has 0 aliphatic rings. The normalized spacial score (nSPS) is 10.6. The molecule has 0 unspecified atom stereocenters. The summed E-state index contributed by atoms with van der Waals surface area (Å²) in [5.74, 6) is 2.07. The highest BCUT2D eigenvalue weighted by Crippen LogP contribution is 2.31. The number of fused-ring (bicyclic) bond motifs is 1. The van der Waals surface area contributed by atoms with Crippen molar-refractivity contribution >= 4 is 22.7 Å². The summed E-state index contributed by atoms with van der Waals surface area (Å²) in [6, 6.07) is 11.8. The lowest BCUT2D eigenvalue weighted by atomic mass is 10.2. The molecule has 5 nitrogen and oxygen atoms in total. The standard InChI is InChI=1S/C16H17N3O2/c1-10-4-6-12-13(8-10)19-16(18-12)17-11-5-7-14(20-2)15(9-11)21-3/h4-9H,1-3H3,(H2,17,18,19). The van der Waals surface area contributed by atoms with Crippen LogP contribution in [0.15, 0.2) is 36.4 Å². The van der Waals surface area contributed by atoms with Crippen LogP contribution in [0.25, 0.3) is 11.0 Å². The molecule has 2 aromatic carbocycles. The number of imidazole rings is 1. The van der Waals surface area contributed by atoms with Gasteiger partial charge >= 0.3 is 0 Å². The van der Waals surface area contributed by atoms with Gasteiger partial charge in [-0.2, -0.15) is 0 Å². The van der Waals surface area contributed by atoms with Crippen molar-refractivity contribution in [2.45, 2.75) is 6.92 Å².